The summed E-state index contributed by atoms with van der Waals surface area (Å²) in [4.78, 5) is 67.6. The molecule has 1 aliphatic heterocycles. The number of benzene rings is 1. The zero-order chi connectivity index (χ0) is 27.3. The molecule has 1 aromatic heterocycles. The quantitative estimate of drug-likeness (QED) is 0.200. The van der Waals surface area contributed by atoms with E-state index in [0.29, 0.717) is 17.7 Å². The molecule has 37 heavy (non-hydrogen) atoms. The van der Waals surface area contributed by atoms with Crippen LogP contribution in [0.4, 0.5) is 5.69 Å². The van der Waals surface area contributed by atoms with Crippen molar-refractivity contribution in [2.75, 3.05) is 11.9 Å². The summed E-state index contributed by atoms with van der Waals surface area (Å²) in [7, 11) is -4.23. The van der Waals surface area contributed by atoms with Crippen LogP contribution >= 0.6 is 7.60 Å². The Bertz CT molecular complexity index is 1290. The molecule has 15 heteroatoms. The Morgan fingerprint density at radius 1 is 1.08 bits per heavy atom. The Balaban J connectivity index is 1.60. The van der Waals surface area contributed by atoms with E-state index in [1.807, 2.05) is 6.92 Å². The van der Waals surface area contributed by atoms with Crippen LogP contribution < -0.4 is 21.9 Å². The Labute approximate surface area is 210 Å². The van der Waals surface area contributed by atoms with E-state index in [-0.39, 0.29) is 6.54 Å². The van der Waals surface area contributed by atoms with E-state index < -0.39 is 67.9 Å². The molecule has 2 heterocycles. The SMILES string of the molecule is CCCCn1c(=O)ccn([C@@H]2O[C@H](C(=O)NCC(=O)Nc3ccc(CP(=O)(O)O)cc3)[C@H](O)[C@@H]2O)c1=O. The third kappa shape index (κ3) is 7.22. The van der Waals surface area contributed by atoms with Crippen LogP contribution in [0, 0.1) is 0 Å². The first-order chi connectivity index (χ1) is 17.4. The van der Waals surface area contributed by atoms with E-state index >= 15 is 0 Å². The molecule has 0 aliphatic carbocycles. The fourth-order valence-corrected chi connectivity index (χ4v) is 4.44. The average molecular weight is 540 g/mol. The van der Waals surface area contributed by atoms with Crippen molar-refractivity contribution in [2.45, 2.75) is 57.0 Å². The number of hydrogen-bond acceptors (Lipinski definition) is 8. The minimum Gasteiger partial charge on any atom is -0.387 e. The summed E-state index contributed by atoms with van der Waals surface area (Å²) < 4.78 is 18.4. The van der Waals surface area contributed by atoms with Gasteiger partial charge in [-0.1, -0.05) is 25.5 Å². The fourth-order valence-electron chi connectivity index (χ4n) is 3.76. The first-order valence-corrected chi connectivity index (χ1v) is 13.3. The van der Waals surface area contributed by atoms with Crippen molar-refractivity contribution in [2.24, 2.45) is 0 Å². The summed E-state index contributed by atoms with van der Waals surface area (Å²) in [6, 6.07) is 6.87. The van der Waals surface area contributed by atoms with Gasteiger partial charge in [0.2, 0.25) is 5.91 Å². The number of carbonyl (C=O) groups excluding carboxylic acids is 2. The summed E-state index contributed by atoms with van der Waals surface area (Å²) in [6.07, 6.45) is -4.43. The molecule has 0 unspecified atom stereocenters. The number of carbonyl (C=O) groups is 2. The second-order valence-electron chi connectivity index (χ2n) is 8.56. The number of unbranched alkanes of at least 4 members (excludes halogenated alkanes) is 1. The van der Waals surface area contributed by atoms with E-state index in [1.54, 1.807) is 0 Å². The van der Waals surface area contributed by atoms with Gasteiger partial charge in [-0.05, 0) is 24.1 Å². The Hall–Kier alpha value is -3.13. The van der Waals surface area contributed by atoms with Gasteiger partial charge in [0, 0.05) is 24.5 Å². The molecule has 1 saturated heterocycles. The molecule has 2 amide bonds. The van der Waals surface area contributed by atoms with Crippen LogP contribution in [0.15, 0.2) is 46.1 Å². The minimum atomic E-state index is -4.23. The van der Waals surface area contributed by atoms with Crippen LogP contribution in [-0.4, -0.2) is 65.8 Å². The molecule has 1 aliphatic rings. The van der Waals surface area contributed by atoms with Crippen molar-refractivity contribution < 1.29 is 38.9 Å². The number of rotatable bonds is 10. The molecule has 6 N–H and O–H groups in total. The summed E-state index contributed by atoms with van der Waals surface area (Å²) in [5.74, 6) is -1.55. The minimum absolute atomic E-state index is 0.159. The summed E-state index contributed by atoms with van der Waals surface area (Å²) in [6.45, 7) is 1.53. The highest BCUT2D eigenvalue weighted by Gasteiger charge is 2.47. The van der Waals surface area contributed by atoms with Gasteiger partial charge in [0.15, 0.2) is 12.3 Å². The maximum absolute atomic E-state index is 12.8. The lowest BCUT2D eigenvalue weighted by Gasteiger charge is -2.18. The van der Waals surface area contributed by atoms with Gasteiger partial charge in [-0.2, -0.15) is 0 Å². The highest BCUT2D eigenvalue weighted by Crippen LogP contribution is 2.39. The average Bonchev–Trinajstić information content (AvgIpc) is 3.12. The van der Waals surface area contributed by atoms with Gasteiger partial charge in [0.05, 0.1) is 12.7 Å². The van der Waals surface area contributed by atoms with Gasteiger partial charge in [-0.25, -0.2) is 4.79 Å². The van der Waals surface area contributed by atoms with Crippen LogP contribution in [0.2, 0.25) is 0 Å². The van der Waals surface area contributed by atoms with E-state index in [4.69, 9.17) is 14.5 Å². The van der Waals surface area contributed by atoms with Gasteiger partial charge < -0.3 is 35.4 Å². The maximum Gasteiger partial charge on any atom is 0.333 e. The highest BCUT2D eigenvalue weighted by molar-refractivity contribution is 7.50. The predicted octanol–water partition coefficient (Wildman–Crippen LogP) is -1.14. The van der Waals surface area contributed by atoms with E-state index in [1.165, 1.54) is 24.3 Å². The largest absolute Gasteiger partial charge is 0.387 e. The van der Waals surface area contributed by atoms with E-state index in [0.717, 1.165) is 27.8 Å². The third-order valence-corrected chi connectivity index (χ3v) is 6.43. The second-order valence-corrected chi connectivity index (χ2v) is 10.2. The fraction of sp³-hybridized carbons (Fsp3) is 0.455. The highest BCUT2D eigenvalue weighted by atomic mass is 31.2. The number of nitrogens with one attached hydrogen (secondary N) is 2. The molecule has 14 nitrogen and oxygen atoms in total. The zero-order valence-electron chi connectivity index (χ0n) is 19.9. The summed E-state index contributed by atoms with van der Waals surface area (Å²) >= 11 is 0. The predicted molar refractivity (Wildman–Crippen MR) is 130 cm³/mol. The number of hydrogen-bond donors (Lipinski definition) is 6. The first-order valence-electron chi connectivity index (χ1n) is 11.5. The van der Waals surface area contributed by atoms with Crippen LogP contribution in [-0.2, 0) is 31.6 Å². The summed E-state index contributed by atoms with van der Waals surface area (Å²) in [5, 5.41) is 25.5. The van der Waals surface area contributed by atoms with Gasteiger partial charge in [-0.15, -0.1) is 0 Å². The molecule has 3 rings (SSSR count). The number of nitrogens with zero attached hydrogens (tertiary/aromatic N) is 2. The van der Waals surface area contributed by atoms with Crippen molar-refractivity contribution in [3.05, 3.63) is 62.9 Å². The number of aliphatic hydroxyl groups excluding tert-OH is 2. The molecule has 1 aromatic carbocycles. The Morgan fingerprint density at radius 2 is 1.76 bits per heavy atom. The van der Waals surface area contributed by atoms with Crippen LogP contribution in [0.1, 0.15) is 31.6 Å². The third-order valence-electron chi connectivity index (χ3n) is 5.65. The van der Waals surface area contributed by atoms with Crippen LogP contribution in [0.5, 0.6) is 0 Å². The first kappa shape index (κ1) is 28.4. The normalized spacial score (nSPS) is 21.5. The lowest BCUT2D eigenvalue weighted by molar-refractivity contribution is -0.138. The maximum atomic E-state index is 12.8. The zero-order valence-corrected chi connectivity index (χ0v) is 20.8. The second kappa shape index (κ2) is 11.9. The van der Waals surface area contributed by atoms with Gasteiger partial charge in [0.25, 0.3) is 11.5 Å². The molecule has 202 valence electrons. The number of aromatic nitrogens is 2. The molecule has 1 fully saturated rings. The van der Waals surface area contributed by atoms with Crippen LogP contribution in [0.3, 0.4) is 0 Å². The monoisotopic (exact) mass is 540 g/mol. The van der Waals surface area contributed by atoms with E-state index in [2.05, 4.69) is 10.6 Å². The van der Waals surface area contributed by atoms with E-state index in [9.17, 15) is 34.0 Å². The molecular formula is C22H29N4O10P. The number of amides is 2. The molecular weight excluding hydrogens is 511 g/mol. The summed E-state index contributed by atoms with van der Waals surface area (Å²) in [5.41, 5.74) is -0.595. The topological polar surface area (TPSA) is 209 Å². The Morgan fingerprint density at radius 3 is 2.38 bits per heavy atom. The number of aliphatic hydroxyl groups is 2. The van der Waals surface area contributed by atoms with Gasteiger partial charge >= 0.3 is 13.3 Å². The Kier molecular flexibility index (Phi) is 9.18. The molecule has 2 aromatic rings. The number of anilines is 1. The molecule has 0 radical (unpaired) electrons. The van der Waals surface area contributed by atoms with Crippen molar-refractivity contribution in [3.8, 4) is 0 Å². The lowest BCUT2D eigenvalue weighted by Crippen LogP contribution is -2.45. The van der Waals surface area contributed by atoms with Crippen molar-refractivity contribution in [1.82, 2.24) is 14.5 Å². The standard InChI is InChI=1S/C22H29N4O10P/c1-2-3-9-25-16(28)8-10-26(22(25)32)21-18(30)17(29)19(36-21)20(31)23-11-15(27)24-14-6-4-13(5-7-14)12-37(33,34)35/h4-8,10,17-19,21,29-30H,2-3,9,11-12H2,1H3,(H,23,31)(H,24,27)(H2,33,34,35)/t17-,18+,19+,21-/m1/s1. The van der Waals surface area contributed by atoms with Gasteiger partial charge in [0.1, 0.15) is 12.2 Å². The molecule has 0 bridgehead atoms. The smallest absolute Gasteiger partial charge is 0.333 e. The molecule has 0 saturated carbocycles. The van der Waals surface area contributed by atoms with Crippen molar-refractivity contribution in [1.29, 1.82) is 0 Å². The van der Waals surface area contributed by atoms with Crippen LogP contribution in [0.25, 0.3) is 0 Å². The lowest BCUT2D eigenvalue weighted by atomic mass is 10.1. The van der Waals surface area contributed by atoms with Gasteiger partial charge in [-0.3, -0.25) is 28.1 Å². The van der Waals surface area contributed by atoms with Crippen molar-refractivity contribution in [3.63, 3.8) is 0 Å². The molecule has 4 atom stereocenters. The number of ether oxygens (including phenoxy) is 1. The molecule has 0 spiro atoms. The van der Waals surface area contributed by atoms with Crippen molar-refractivity contribution >= 4 is 25.1 Å².